The monoisotopic (exact) mass is 257 g/mol. The van der Waals surface area contributed by atoms with Crippen LogP contribution in [0.3, 0.4) is 0 Å². The summed E-state index contributed by atoms with van der Waals surface area (Å²) in [5, 5.41) is 0. The third kappa shape index (κ3) is 2.35. The lowest BCUT2D eigenvalue weighted by atomic mass is 10.1. The summed E-state index contributed by atoms with van der Waals surface area (Å²) in [4.78, 5) is -0.211. The number of nitrogens with zero attached hydrogens (tertiary/aromatic N) is 1. The summed E-state index contributed by atoms with van der Waals surface area (Å²) in [6.07, 6.45) is 1.83. The molecule has 0 amide bonds. The summed E-state index contributed by atoms with van der Waals surface area (Å²) in [5.74, 6) is -0.274. The van der Waals surface area contributed by atoms with E-state index < -0.39 is 15.8 Å². The first-order chi connectivity index (χ1) is 8.05. The zero-order chi connectivity index (χ0) is 12.5. The van der Waals surface area contributed by atoms with Gasteiger partial charge in [-0.05, 0) is 24.5 Å². The molecule has 1 aliphatic rings. The first-order valence-corrected chi connectivity index (χ1v) is 7.24. The number of halogens is 1. The maximum atomic E-state index is 13.5. The zero-order valence-electron chi connectivity index (χ0n) is 9.77. The van der Waals surface area contributed by atoms with E-state index in [9.17, 15) is 12.8 Å². The smallest absolute Gasteiger partial charge is 0.207 e. The molecule has 1 fully saturated rings. The van der Waals surface area contributed by atoms with E-state index in [-0.39, 0.29) is 4.90 Å². The topological polar surface area (TPSA) is 37.4 Å². The molecule has 1 unspecified atom stereocenters. The Balaban J connectivity index is 2.29. The van der Waals surface area contributed by atoms with E-state index in [2.05, 4.69) is 0 Å². The summed E-state index contributed by atoms with van der Waals surface area (Å²) < 4.78 is 39.3. The molecule has 1 saturated heterocycles. The van der Waals surface area contributed by atoms with Gasteiger partial charge in [-0.1, -0.05) is 25.5 Å². The maximum Gasteiger partial charge on any atom is 0.245 e. The van der Waals surface area contributed by atoms with Crippen molar-refractivity contribution in [2.45, 2.75) is 24.7 Å². The Bertz CT molecular complexity index is 501. The molecule has 0 bridgehead atoms. The molecule has 1 aromatic carbocycles. The standard InChI is InChI=1S/C12H16FNO2S/c1-2-10-7-8-14(9-10)17(15,16)12-6-4-3-5-11(12)13/h3-6,10H,2,7-9H2,1H3. The molecule has 2 rings (SSSR count). The molecule has 0 aliphatic carbocycles. The first-order valence-electron chi connectivity index (χ1n) is 5.80. The van der Waals surface area contributed by atoms with Crippen LogP contribution in [0.25, 0.3) is 0 Å². The third-order valence-corrected chi connectivity index (χ3v) is 5.18. The average Bonchev–Trinajstić information content (AvgIpc) is 2.78. The quantitative estimate of drug-likeness (QED) is 0.833. The van der Waals surface area contributed by atoms with E-state index in [0.717, 1.165) is 12.8 Å². The number of hydrogen-bond donors (Lipinski definition) is 0. The van der Waals surface area contributed by atoms with Crippen molar-refractivity contribution >= 4 is 10.0 Å². The molecule has 1 atom stereocenters. The summed E-state index contributed by atoms with van der Waals surface area (Å²) >= 11 is 0. The van der Waals surface area contributed by atoms with Crippen LogP contribution in [0.15, 0.2) is 29.2 Å². The van der Waals surface area contributed by atoms with Gasteiger partial charge in [0.15, 0.2) is 0 Å². The van der Waals surface area contributed by atoms with Gasteiger partial charge in [0, 0.05) is 13.1 Å². The number of rotatable bonds is 3. The van der Waals surface area contributed by atoms with Crippen molar-refractivity contribution in [1.29, 1.82) is 0 Å². The minimum absolute atomic E-state index is 0.211. The highest BCUT2D eigenvalue weighted by molar-refractivity contribution is 7.89. The molecule has 1 heterocycles. The Hall–Kier alpha value is -0.940. The van der Waals surface area contributed by atoms with Crippen molar-refractivity contribution < 1.29 is 12.8 Å². The predicted octanol–water partition coefficient (Wildman–Crippen LogP) is 2.25. The van der Waals surface area contributed by atoms with Crippen molar-refractivity contribution in [2.24, 2.45) is 5.92 Å². The van der Waals surface area contributed by atoms with Crippen LogP contribution in [-0.4, -0.2) is 25.8 Å². The summed E-state index contributed by atoms with van der Waals surface area (Å²) in [6.45, 7) is 3.05. The summed E-state index contributed by atoms with van der Waals surface area (Å²) in [5.41, 5.74) is 0. The van der Waals surface area contributed by atoms with Gasteiger partial charge in [-0.25, -0.2) is 12.8 Å². The van der Waals surface area contributed by atoms with Crippen molar-refractivity contribution in [3.05, 3.63) is 30.1 Å². The average molecular weight is 257 g/mol. The van der Waals surface area contributed by atoms with Gasteiger partial charge in [-0.3, -0.25) is 0 Å². The number of sulfonamides is 1. The predicted molar refractivity (Wildman–Crippen MR) is 63.6 cm³/mol. The van der Waals surface area contributed by atoms with E-state index in [4.69, 9.17) is 0 Å². The molecule has 94 valence electrons. The Labute approximate surface area is 101 Å². The van der Waals surface area contributed by atoms with Crippen LogP contribution in [0.4, 0.5) is 4.39 Å². The maximum absolute atomic E-state index is 13.5. The van der Waals surface area contributed by atoms with Gasteiger partial charge in [0.2, 0.25) is 10.0 Å². The normalized spacial score (nSPS) is 21.9. The molecule has 1 aliphatic heterocycles. The van der Waals surface area contributed by atoms with E-state index >= 15 is 0 Å². The molecule has 0 spiro atoms. The Morgan fingerprint density at radius 2 is 2.12 bits per heavy atom. The van der Waals surface area contributed by atoms with Gasteiger partial charge in [-0.15, -0.1) is 0 Å². The second kappa shape index (κ2) is 4.74. The van der Waals surface area contributed by atoms with E-state index in [1.165, 1.54) is 22.5 Å². The lowest BCUT2D eigenvalue weighted by molar-refractivity contribution is 0.448. The van der Waals surface area contributed by atoms with E-state index in [1.807, 2.05) is 6.92 Å². The van der Waals surface area contributed by atoms with Gasteiger partial charge in [0.25, 0.3) is 0 Å². The van der Waals surface area contributed by atoms with Crippen LogP contribution in [0.1, 0.15) is 19.8 Å². The van der Waals surface area contributed by atoms with Crippen molar-refractivity contribution in [3.8, 4) is 0 Å². The van der Waals surface area contributed by atoms with Crippen molar-refractivity contribution in [3.63, 3.8) is 0 Å². The van der Waals surface area contributed by atoms with E-state index in [1.54, 1.807) is 6.07 Å². The highest BCUT2D eigenvalue weighted by Crippen LogP contribution is 2.26. The molecular formula is C12H16FNO2S. The van der Waals surface area contributed by atoms with Gasteiger partial charge in [-0.2, -0.15) is 4.31 Å². The Morgan fingerprint density at radius 3 is 2.71 bits per heavy atom. The molecule has 0 radical (unpaired) electrons. The SMILES string of the molecule is CCC1CCN(S(=O)(=O)c2ccccc2F)C1. The highest BCUT2D eigenvalue weighted by Gasteiger charge is 2.33. The minimum atomic E-state index is -3.65. The first kappa shape index (κ1) is 12.5. The van der Waals surface area contributed by atoms with Gasteiger partial charge in [0.05, 0.1) is 0 Å². The Kier molecular flexibility index (Phi) is 3.49. The molecule has 17 heavy (non-hydrogen) atoms. The van der Waals surface area contributed by atoms with Crippen LogP contribution in [-0.2, 0) is 10.0 Å². The second-order valence-corrected chi connectivity index (χ2v) is 6.26. The molecule has 5 heteroatoms. The molecular weight excluding hydrogens is 241 g/mol. The summed E-state index contributed by atoms with van der Waals surface area (Å²) in [6, 6.07) is 5.54. The van der Waals surface area contributed by atoms with Crippen molar-refractivity contribution in [1.82, 2.24) is 4.31 Å². The molecule has 0 N–H and O–H groups in total. The fourth-order valence-corrected chi connectivity index (χ4v) is 3.74. The van der Waals surface area contributed by atoms with Gasteiger partial charge >= 0.3 is 0 Å². The molecule has 0 aromatic heterocycles. The van der Waals surface area contributed by atoms with Crippen LogP contribution < -0.4 is 0 Å². The molecule has 0 saturated carbocycles. The second-order valence-electron chi connectivity index (χ2n) is 4.36. The summed E-state index contributed by atoms with van der Waals surface area (Å²) in [7, 11) is -3.65. The van der Waals surface area contributed by atoms with Crippen LogP contribution in [0.5, 0.6) is 0 Å². The number of hydrogen-bond acceptors (Lipinski definition) is 2. The minimum Gasteiger partial charge on any atom is -0.207 e. The fraction of sp³-hybridized carbons (Fsp3) is 0.500. The van der Waals surface area contributed by atoms with Crippen molar-refractivity contribution in [2.75, 3.05) is 13.1 Å². The lowest BCUT2D eigenvalue weighted by Gasteiger charge is -2.16. The Morgan fingerprint density at radius 1 is 1.41 bits per heavy atom. The third-order valence-electron chi connectivity index (χ3n) is 3.28. The fourth-order valence-electron chi connectivity index (χ4n) is 2.14. The van der Waals surface area contributed by atoms with E-state index in [0.29, 0.717) is 19.0 Å². The van der Waals surface area contributed by atoms with Gasteiger partial charge < -0.3 is 0 Å². The van der Waals surface area contributed by atoms with Crippen LogP contribution in [0, 0.1) is 11.7 Å². The highest BCUT2D eigenvalue weighted by atomic mass is 32.2. The molecule has 3 nitrogen and oxygen atoms in total. The van der Waals surface area contributed by atoms with Gasteiger partial charge in [0.1, 0.15) is 10.7 Å². The largest absolute Gasteiger partial charge is 0.245 e. The molecule has 1 aromatic rings. The number of benzene rings is 1. The lowest BCUT2D eigenvalue weighted by Crippen LogP contribution is -2.29. The van der Waals surface area contributed by atoms with Crippen LogP contribution >= 0.6 is 0 Å². The zero-order valence-corrected chi connectivity index (χ0v) is 10.6. The van der Waals surface area contributed by atoms with Crippen LogP contribution in [0.2, 0.25) is 0 Å².